The molecule has 2 N–H and O–H groups in total. The Kier molecular flexibility index (Phi) is 10.9. The van der Waals surface area contributed by atoms with Gasteiger partial charge in [-0.15, -0.1) is 0 Å². The van der Waals surface area contributed by atoms with Crippen molar-refractivity contribution in [1.29, 1.82) is 0 Å². The van der Waals surface area contributed by atoms with E-state index in [-0.39, 0.29) is 6.42 Å². The van der Waals surface area contributed by atoms with Crippen LogP contribution in [0.2, 0.25) is 10.0 Å². The molecule has 0 unspecified atom stereocenters. The van der Waals surface area contributed by atoms with Crippen molar-refractivity contribution in [2.45, 2.75) is 46.0 Å². The zero-order valence-electron chi connectivity index (χ0n) is 23.9. The second kappa shape index (κ2) is 14.8. The number of carboxylic acids is 2. The molecule has 2 heterocycles. The Labute approximate surface area is 260 Å². The molecule has 43 heavy (non-hydrogen) atoms. The van der Waals surface area contributed by atoms with Crippen molar-refractivity contribution in [3.05, 3.63) is 99.7 Å². The number of hydrogen-bond acceptors (Lipinski definition) is 5. The van der Waals surface area contributed by atoms with Crippen molar-refractivity contribution < 1.29 is 24.5 Å². The van der Waals surface area contributed by atoms with Crippen LogP contribution in [0.1, 0.15) is 43.0 Å². The van der Waals surface area contributed by atoms with Crippen LogP contribution in [0.4, 0.5) is 0 Å². The van der Waals surface area contributed by atoms with Gasteiger partial charge in [0.2, 0.25) is 0 Å². The van der Waals surface area contributed by atoms with Gasteiger partial charge in [-0.25, -0.2) is 14.8 Å². The van der Waals surface area contributed by atoms with Crippen LogP contribution < -0.4 is 4.74 Å². The van der Waals surface area contributed by atoms with E-state index in [1.54, 1.807) is 6.07 Å². The first-order valence-corrected chi connectivity index (χ1v) is 14.7. The lowest BCUT2D eigenvalue weighted by atomic mass is 9.94. The van der Waals surface area contributed by atoms with Gasteiger partial charge in [-0.05, 0) is 74.1 Å². The molecule has 0 amide bonds. The van der Waals surface area contributed by atoms with Gasteiger partial charge in [-0.2, -0.15) is 0 Å². The third kappa shape index (κ3) is 8.43. The van der Waals surface area contributed by atoms with Crippen LogP contribution in [0.15, 0.2) is 72.8 Å². The monoisotopic (exact) mass is 618 g/mol. The normalized spacial score (nSPS) is 10.8. The molecule has 0 atom stereocenters. The van der Waals surface area contributed by atoms with Crippen LogP contribution in [0.25, 0.3) is 33.1 Å². The minimum absolute atomic E-state index is 0.212. The summed E-state index contributed by atoms with van der Waals surface area (Å²) >= 11 is 11.3. The van der Waals surface area contributed by atoms with E-state index in [0.29, 0.717) is 22.2 Å². The van der Waals surface area contributed by atoms with E-state index in [1.165, 1.54) is 23.3 Å². The third-order valence-corrected chi connectivity index (χ3v) is 7.38. The number of hydrogen-bond donors (Lipinski definition) is 2. The molecule has 0 saturated heterocycles. The van der Waals surface area contributed by atoms with Crippen molar-refractivity contribution >= 4 is 57.1 Å². The molecule has 2 aromatic heterocycles. The summed E-state index contributed by atoms with van der Waals surface area (Å²) in [5, 5.41) is 20.2. The van der Waals surface area contributed by atoms with E-state index in [1.807, 2.05) is 18.2 Å². The maximum absolute atomic E-state index is 10.8. The fraction of sp³-hybridized carbons (Fsp3) is 0.235. The summed E-state index contributed by atoms with van der Waals surface area (Å²) in [6.07, 6.45) is 3.39. The number of aromatic nitrogens is 2. The maximum Gasteiger partial charge on any atom is 0.341 e. The number of carboxylic acid groups (broad SMARTS) is 2. The first-order chi connectivity index (χ1) is 20.7. The Morgan fingerprint density at radius 1 is 0.860 bits per heavy atom. The van der Waals surface area contributed by atoms with Crippen LogP contribution in [0.5, 0.6) is 5.75 Å². The number of benzene rings is 3. The van der Waals surface area contributed by atoms with Crippen molar-refractivity contribution in [3.63, 3.8) is 0 Å². The number of halogens is 2. The Morgan fingerprint density at radius 3 is 2.28 bits per heavy atom. The van der Waals surface area contributed by atoms with E-state index in [2.05, 4.69) is 50.2 Å². The second-order valence-electron chi connectivity index (χ2n) is 10.0. The lowest BCUT2D eigenvalue weighted by Crippen LogP contribution is -2.09. The Balaban J connectivity index is 0.000000273. The number of aliphatic carboxylic acids is 2. The smallest absolute Gasteiger partial charge is 0.341 e. The minimum atomic E-state index is -1.05. The third-order valence-electron chi connectivity index (χ3n) is 6.85. The molecule has 0 saturated carbocycles. The fourth-order valence-corrected chi connectivity index (χ4v) is 5.23. The highest BCUT2D eigenvalue weighted by molar-refractivity contribution is 6.35. The summed E-state index contributed by atoms with van der Waals surface area (Å²) in [4.78, 5) is 30.8. The first kappa shape index (κ1) is 31.7. The fourth-order valence-electron chi connectivity index (χ4n) is 4.77. The number of para-hydroxylation sites is 1. The molecular weight excluding hydrogens is 587 g/mol. The summed E-state index contributed by atoms with van der Waals surface area (Å²) < 4.78 is 4.86. The predicted molar refractivity (Wildman–Crippen MR) is 171 cm³/mol. The minimum Gasteiger partial charge on any atom is -0.481 e. The summed E-state index contributed by atoms with van der Waals surface area (Å²) in [6.45, 7) is 3.79. The van der Waals surface area contributed by atoms with Crippen LogP contribution >= 0.6 is 23.2 Å². The van der Waals surface area contributed by atoms with Crippen LogP contribution in [0.3, 0.4) is 0 Å². The zero-order chi connectivity index (χ0) is 30.9. The van der Waals surface area contributed by atoms with E-state index in [4.69, 9.17) is 48.1 Å². The van der Waals surface area contributed by atoms with Gasteiger partial charge in [-0.3, -0.25) is 4.79 Å². The number of ether oxygens (including phenoxy) is 1. The van der Waals surface area contributed by atoms with Gasteiger partial charge < -0.3 is 14.9 Å². The van der Waals surface area contributed by atoms with Crippen LogP contribution in [0, 0.1) is 6.92 Å². The van der Waals surface area contributed by atoms with Crippen molar-refractivity contribution in [2.24, 2.45) is 0 Å². The summed E-state index contributed by atoms with van der Waals surface area (Å²) in [5.74, 6) is -1.47. The van der Waals surface area contributed by atoms with E-state index < -0.39 is 18.5 Å². The Bertz CT molecular complexity index is 1760. The number of rotatable bonds is 10. The molecule has 0 bridgehead atoms. The number of unbranched alkanes of at least 4 members (excludes halogenated alkanes) is 1. The zero-order valence-corrected chi connectivity index (χ0v) is 25.5. The van der Waals surface area contributed by atoms with Crippen molar-refractivity contribution in [3.8, 4) is 16.9 Å². The lowest BCUT2D eigenvalue weighted by molar-refractivity contribution is -0.139. The number of pyridine rings is 2. The van der Waals surface area contributed by atoms with Gasteiger partial charge in [0.15, 0.2) is 12.3 Å². The molecule has 0 radical (unpaired) electrons. The molecule has 0 spiro atoms. The van der Waals surface area contributed by atoms with E-state index in [9.17, 15) is 9.59 Å². The van der Waals surface area contributed by atoms with Gasteiger partial charge in [0.05, 0.1) is 10.5 Å². The molecule has 0 aliphatic heterocycles. The molecule has 5 aromatic rings. The molecular formula is C34H32Cl2N2O5. The molecule has 3 aromatic carbocycles. The molecule has 5 rings (SSSR count). The van der Waals surface area contributed by atoms with Crippen LogP contribution in [-0.2, 0) is 22.4 Å². The number of aryl methyl sites for hydroxylation is 3. The molecule has 222 valence electrons. The highest BCUT2D eigenvalue weighted by Crippen LogP contribution is 2.35. The average molecular weight is 620 g/mol. The number of nitrogens with zero attached hydrogens (tertiary/aromatic N) is 2. The molecule has 0 aliphatic rings. The summed E-state index contributed by atoms with van der Waals surface area (Å²) in [7, 11) is 0. The second-order valence-corrected chi connectivity index (χ2v) is 10.9. The van der Waals surface area contributed by atoms with Gasteiger partial charge in [0.25, 0.3) is 0 Å². The van der Waals surface area contributed by atoms with Crippen LogP contribution in [-0.4, -0.2) is 38.7 Å². The van der Waals surface area contributed by atoms with Crippen molar-refractivity contribution in [1.82, 2.24) is 9.97 Å². The molecule has 0 fully saturated rings. The topological polar surface area (TPSA) is 110 Å². The van der Waals surface area contributed by atoms with E-state index >= 15 is 0 Å². The Hall–Kier alpha value is -4.20. The molecule has 9 heteroatoms. The van der Waals surface area contributed by atoms with Gasteiger partial charge in [0, 0.05) is 33.5 Å². The summed E-state index contributed by atoms with van der Waals surface area (Å²) in [5.41, 5.74) is 7.52. The van der Waals surface area contributed by atoms with Gasteiger partial charge in [0.1, 0.15) is 5.75 Å². The first-order valence-electron chi connectivity index (χ1n) is 14.0. The quantitative estimate of drug-likeness (QED) is 0.119. The van der Waals surface area contributed by atoms with Gasteiger partial charge in [-0.1, -0.05) is 78.2 Å². The average Bonchev–Trinajstić information content (AvgIpc) is 2.98. The predicted octanol–water partition coefficient (Wildman–Crippen LogP) is 8.58. The highest BCUT2D eigenvalue weighted by Gasteiger charge is 2.15. The van der Waals surface area contributed by atoms with E-state index in [0.717, 1.165) is 58.0 Å². The summed E-state index contributed by atoms with van der Waals surface area (Å²) in [6, 6.07) is 23.6. The van der Waals surface area contributed by atoms with Gasteiger partial charge >= 0.3 is 11.9 Å². The van der Waals surface area contributed by atoms with Crippen molar-refractivity contribution in [2.75, 3.05) is 6.61 Å². The highest BCUT2D eigenvalue weighted by atomic mass is 35.5. The standard InChI is InChI=1S/C26H26N2O2.C8H6Cl2O3/c1-3-22-19(8-4-7-11-24(29)30)16-21-25(18-14-12-17(2)13-15-18)20-9-5-6-10-23(20)28-26(21)27-22;9-5-1-2-7(6(10)3-5)13-4-8(11)12/h5-6,9-10,12-16H,3-4,7-8,11H2,1-2H3,(H,29,30);1-3H,4H2,(H,11,12). The number of fused-ring (bicyclic) bond motifs is 2. The number of carbonyl (C=O) groups is 2. The molecule has 0 aliphatic carbocycles. The Morgan fingerprint density at radius 2 is 1.60 bits per heavy atom. The molecule has 7 nitrogen and oxygen atoms in total. The lowest BCUT2D eigenvalue weighted by Gasteiger charge is -2.15. The maximum atomic E-state index is 10.8. The largest absolute Gasteiger partial charge is 0.481 e. The SMILES string of the molecule is CCc1nc2nc3ccccc3c(-c3ccc(C)cc3)c2cc1CCCCC(=O)O.O=C(O)COc1ccc(Cl)cc1Cl.